The molecular formula is C24H23N3OS2. The summed E-state index contributed by atoms with van der Waals surface area (Å²) >= 11 is 3.05. The third-order valence-electron chi connectivity index (χ3n) is 4.90. The molecule has 0 saturated carbocycles. The third-order valence-corrected chi connectivity index (χ3v) is 6.77. The van der Waals surface area contributed by atoms with Gasteiger partial charge in [-0.3, -0.25) is 4.79 Å². The summed E-state index contributed by atoms with van der Waals surface area (Å²) < 4.78 is 0. The number of anilines is 1. The van der Waals surface area contributed by atoms with Crippen LogP contribution < -0.4 is 5.32 Å². The van der Waals surface area contributed by atoms with E-state index in [9.17, 15) is 4.79 Å². The zero-order valence-corrected chi connectivity index (χ0v) is 18.8. The number of hydrogen-bond acceptors (Lipinski definition) is 5. The number of amides is 1. The lowest BCUT2D eigenvalue weighted by molar-refractivity contribution is -0.113. The van der Waals surface area contributed by atoms with Crippen LogP contribution in [-0.4, -0.2) is 21.6 Å². The van der Waals surface area contributed by atoms with Crippen LogP contribution in [0.1, 0.15) is 30.9 Å². The molecule has 0 atom stereocenters. The maximum absolute atomic E-state index is 12.5. The van der Waals surface area contributed by atoms with E-state index in [0.29, 0.717) is 11.7 Å². The van der Waals surface area contributed by atoms with E-state index in [4.69, 9.17) is 0 Å². The van der Waals surface area contributed by atoms with Crippen molar-refractivity contribution in [3.05, 3.63) is 71.4 Å². The SMILES string of the molecule is Cc1ccc(-c2csc3ncnc(SCC(=O)Nc4ccc(C(C)C)cc4)c23)cc1. The molecule has 0 unspecified atom stereocenters. The highest BCUT2D eigenvalue weighted by atomic mass is 32.2. The van der Waals surface area contributed by atoms with Crippen molar-refractivity contribution in [2.45, 2.75) is 31.7 Å². The van der Waals surface area contributed by atoms with Gasteiger partial charge < -0.3 is 5.32 Å². The summed E-state index contributed by atoms with van der Waals surface area (Å²) in [6.07, 6.45) is 1.57. The minimum atomic E-state index is -0.0452. The lowest BCUT2D eigenvalue weighted by atomic mass is 10.0. The molecule has 0 aliphatic carbocycles. The smallest absolute Gasteiger partial charge is 0.234 e. The average molecular weight is 434 g/mol. The highest BCUT2D eigenvalue weighted by Crippen LogP contribution is 2.37. The van der Waals surface area contributed by atoms with Gasteiger partial charge in [-0.05, 0) is 36.1 Å². The average Bonchev–Trinajstić information content (AvgIpc) is 3.18. The van der Waals surface area contributed by atoms with Gasteiger partial charge in [-0.1, -0.05) is 67.6 Å². The van der Waals surface area contributed by atoms with Gasteiger partial charge in [0.2, 0.25) is 5.91 Å². The minimum absolute atomic E-state index is 0.0452. The molecule has 152 valence electrons. The third kappa shape index (κ3) is 4.55. The number of nitrogens with one attached hydrogen (secondary N) is 1. The van der Waals surface area contributed by atoms with Crippen LogP contribution in [-0.2, 0) is 4.79 Å². The highest BCUT2D eigenvalue weighted by molar-refractivity contribution is 8.00. The first-order valence-corrected chi connectivity index (χ1v) is 11.7. The molecule has 0 bridgehead atoms. The number of aryl methyl sites for hydroxylation is 1. The predicted octanol–water partition coefficient (Wildman–Crippen LogP) is 6.52. The molecule has 0 spiro atoms. The molecule has 0 aliphatic rings. The quantitative estimate of drug-likeness (QED) is 0.278. The number of rotatable bonds is 6. The van der Waals surface area contributed by atoms with Gasteiger partial charge in [-0.25, -0.2) is 9.97 Å². The molecule has 4 rings (SSSR count). The highest BCUT2D eigenvalue weighted by Gasteiger charge is 2.15. The standard InChI is InChI=1S/C24H23N3OS2/c1-15(2)17-8-10-19(11-9-17)27-21(28)13-30-24-22-20(12-29-23(22)25-14-26-24)18-6-4-16(3)5-7-18/h4-12,14-15H,13H2,1-3H3,(H,27,28). The summed E-state index contributed by atoms with van der Waals surface area (Å²) in [5.41, 5.74) is 5.55. The Labute approximate surface area is 184 Å². The number of thioether (sulfide) groups is 1. The number of fused-ring (bicyclic) bond motifs is 1. The molecule has 1 N–H and O–H groups in total. The molecule has 30 heavy (non-hydrogen) atoms. The number of nitrogens with zero attached hydrogens (tertiary/aromatic N) is 2. The van der Waals surface area contributed by atoms with Gasteiger partial charge in [0.05, 0.1) is 11.1 Å². The Morgan fingerprint density at radius 1 is 1.07 bits per heavy atom. The van der Waals surface area contributed by atoms with Crippen molar-refractivity contribution < 1.29 is 4.79 Å². The van der Waals surface area contributed by atoms with Crippen molar-refractivity contribution in [3.63, 3.8) is 0 Å². The fourth-order valence-corrected chi connectivity index (χ4v) is 4.98. The van der Waals surface area contributed by atoms with Crippen molar-refractivity contribution in [1.29, 1.82) is 0 Å². The van der Waals surface area contributed by atoms with E-state index in [0.717, 1.165) is 32.1 Å². The Morgan fingerprint density at radius 2 is 1.80 bits per heavy atom. The first kappa shape index (κ1) is 20.6. The largest absolute Gasteiger partial charge is 0.325 e. The summed E-state index contributed by atoms with van der Waals surface area (Å²) in [6.45, 7) is 6.39. The number of carbonyl (C=O) groups excluding carboxylic acids is 1. The van der Waals surface area contributed by atoms with Gasteiger partial charge >= 0.3 is 0 Å². The van der Waals surface area contributed by atoms with Crippen LogP contribution in [0.4, 0.5) is 5.69 Å². The maximum atomic E-state index is 12.5. The lowest BCUT2D eigenvalue weighted by Gasteiger charge is -2.09. The fourth-order valence-electron chi connectivity index (χ4n) is 3.19. The zero-order valence-electron chi connectivity index (χ0n) is 17.2. The molecular weight excluding hydrogens is 410 g/mol. The molecule has 2 heterocycles. The predicted molar refractivity (Wildman–Crippen MR) is 127 cm³/mol. The van der Waals surface area contributed by atoms with Crippen LogP contribution in [0.25, 0.3) is 21.3 Å². The van der Waals surface area contributed by atoms with E-state index in [1.165, 1.54) is 22.9 Å². The Balaban J connectivity index is 1.50. The van der Waals surface area contributed by atoms with Crippen LogP contribution in [0, 0.1) is 6.92 Å². The first-order valence-electron chi connectivity index (χ1n) is 9.83. The van der Waals surface area contributed by atoms with Gasteiger partial charge in [0.1, 0.15) is 16.2 Å². The molecule has 0 fully saturated rings. The van der Waals surface area contributed by atoms with E-state index in [1.54, 1.807) is 17.7 Å². The molecule has 6 heteroatoms. The second kappa shape index (κ2) is 8.98. The molecule has 4 nitrogen and oxygen atoms in total. The Kier molecular flexibility index (Phi) is 6.16. The zero-order chi connectivity index (χ0) is 21.1. The van der Waals surface area contributed by atoms with Gasteiger partial charge in [0.25, 0.3) is 0 Å². The van der Waals surface area contributed by atoms with Gasteiger partial charge in [0, 0.05) is 16.6 Å². The molecule has 4 aromatic rings. The summed E-state index contributed by atoms with van der Waals surface area (Å²) in [5.74, 6) is 0.719. The molecule has 0 aliphatic heterocycles. The van der Waals surface area contributed by atoms with Crippen molar-refractivity contribution in [1.82, 2.24) is 9.97 Å². The summed E-state index contributed by atoms with van der Waals surface area (Å²) in [5, 5.41) is 6.94. The van der Waals surface area contributed by atoms with Crippen molar-refractivity contribution in [2.24, 2.45) is 0 Å². The van der Waals surface area contributed by atoms with Crippen LogP contribution in [0.15, 0.2) is 65.3 Å². The van der Waals surface area contributed by atoms with Crippen LogP contribution in [0.3, 0.4) is 0 Å². The van der Waals surface area contributed by atoms with Crippen molar-refractivity contribution in [2.75, 3.05) is 11.1 Å². The van der Waals surface area contributed by atoms with Crippen LogP contribution in [0.5, 0.6) is 0 Å². The lowest BCUT2D eigenvalue weighted by Crippen LogP contribution is -2.14. The van der Waals surface area contributed by atoms with E-state index in [1.807, 2.05) is 12.1 Å². The van der Waals surface area contributed by atoms with Gasteiger partial charge in [-0.2, -0.15) is 0 Å². The normalized spacial score (nSPS) is 11.2. The van der Waals surface area contributed by atoms with Crippen LogP contribution >= 0.6 is 23.1 Å². The van der Waals surface area contributed by atoms with E-state index < -0.39 is 0 Å². The van der Waals surface area contributed by atoms with E-state index in [-0.39, 0.29) is 5.91 Å². The monoisotopic (exact) mass is 433 g/mol. The Hall–Kier alpha value is -2.70. The number of benzene rings is 2. The summed E-state index contributed by atoms with van der Waals surface area (Å²) in [7, 11) is 0. The molecule has 0 saturated heterocycles. The topological polar surface area (TPSA) is 54.9 Å². The van der Waals surface area contributed by atoms with Gasteiger partial charge in [0.15, 0.2) is 0 Å². The van der Waals surface area contributed by atoms with E-state index >= 15 is 0 Å². The molecule has 2 aromatic heterocycles. The minimum Gasteiger partial charge on any atom is -0.325 e. The second-order valence-electron chi connectivity index (χ2n) is 7.49. The molecule has 2 aromatic carbocycles. The molecule has 0 radical (unpaired) electrons. The van der Waals surface area contributed by atoms with E-state index in [2.05, 4.69) is 77.8 Å². The second-order valence-corrected chi connectivity index (χ2v) is 9.31. The summed E-state index contributed by atoms with van der Waals surface area (Å²) in [4.78, 5) is 22.3. The Morgan fingerprint density at radius 3 is 2.50 bits per heavy atom. The number of carbonyl (C=O) groups is 1. The first-order chi connectivity index (χ1) is 14.5. The van der Waals surface area contributed by atoms with Crippen LogP contribution in [0.2, 0.25) is 0 Å². The maximum Gasteiger partial charge on any atom is 0.234 e. The number of aromatic nitrogens is 2. The summed E-state index contributed by atoms with van der Waals surface area (Å²) in [6, 6.07) is 16.5. The van der Waals surface area contributed by atoms with Gasteiger partial charge in [-0.15, -0.1) is 11.3 Å². The fraction of sp³-hybridized carbons (Fsp3) is 0.208. The van der Waals surface area contributed by atoms with Crippen molar-refractivity contribution >= 4 is 44.9 Å². The number of thiophene rings is 1. The number of hydrogen-bond donors (Lipinski definition) is 1. The Bertz CT molecular complexity index is 1170. The van der Waals surface area contributed by atoms with Crippen molar-refractivity contribution in [3.8, 4) is 11.1 Å². The molecule has 1 amide bonds.